The van der Waals surface area contributed by atoms with Gasteiger partial charge in [0.15, 0.2) is 5.94 Å². The molecule has 0 heterocycles. The van der Waals surface area contributed by atoms with Crippen LogP contribution in [0.4, 0.5) is 17.1 Å². The monoisotopic (exact) mass is 254 g/mol. The van der Waals surface area contributed by atoms with Crippen molar-refractivity contribution in [2.75, 3.05) is 19.2 Å². The molecule has 15 heavy (non-hydrogen) atoms. The maximum atomic E-state index is 12.0. The highest BCUT2D eigenvalue weighted by Gasteiger charge is 2.20. The highest BCUT2D eigenvalue weighted by molar-refractivity contribution is 7.86. The SMILES string of the molecule is CC(F)(F)CCOCS(=O)(=O)F.CCF. The first kappa shape index (κ1) is 17.0. The smallest absolute Gasteiger partial charge is 0.326 e. The second-order valence-electron chi connectivity index (χ2n) is 2.65. The lowest BCUT2D eigenvalue weighted by Crippen LogP contribution is -2.15. The Morgan fingerprint density at radius 3 is 2.00 bits per heavy atom. The Morgan fingerprint density at radius 1 is 1.33 bits per heavy atom. The van der Waals surface area contributed by atoms with Crippen LogP contribution in [0, 0.1) is 0 Å². The van der Waals surface area contributed by atoms with Crippen LogP contribution in [0.2, 0.25) is 0 Å². The lowest BCUT2D eigenvalue weighted by molar-refractivity contribution is -0.0114. The molecule has 0 atom stereocenters. The van der Waals surface area contributed by atoms with E-state index in [1.54, 1.807) is 0 Å². The van der Waals surface area contributed by atoms with E-state index in [-0.39, 0.29) is 6.67 Å². The van der Waals surface area contributed by atoms with E-state index >= 15 is 0 Å². The van der Waals surface area contributed by atoms with Crippen LogP contribution in [-0.2, 0) is 15.0 Å². The summed E-state index contributed by atoms with van der Waals surface area (Å²) in [5.74, 6) is -4.08. The minimum absolute atomic E-state index is 0.250. The van der Waals surface area contributed by atoms with Gasteiger partial charge in [-0.25, -0.2) is 8.78 Å². The van der Waals surface area contributed by atoms with E-state index < -0.39 is 35.1 Å². The average Bonchev–Trinajstić information content (AvgIpc) is 1.96. The van der Waals surface area contributed by atoms with Crippen LogP contribution >= 0.6 is 0 Å². The molecule has 0 aromatic carbocycles. The molecule has 0 bridgehead atoms. The zero-order valence-corrected chi connectivity index (χ0v) is 9.29. The number of rotatable bonds is 5. The van der Waals surface area contributed by atoms with Gasteiger partial charge in [-0.1, -0.05) is 0 Å². The second-order valence-corrected chi connectivity index (χ2v) is 3.97. The summed E-state index contributed by atoms with van der Waals surface area (Å²) in [7, 11) is -4.71. The minimum atomic E-state index is -4.71. The summed E-state index contributed by atoms with van der Waals surface area (Å²) in [6.45, 7) is 1.40. The maximum Gasteiger partial charge on any atom is 0.326 e. The Kier molecular flexibility index (Phi) is 8.93. The van der Waals surface area contributed by atoms with Crippen molar-refractivity contribution in [3.63, 3.8) is 0 Å². The van der Waals surface area contributed by atoms with Crippen molar-refractivity contribution in [1.82, 2.24) is 0 Å². The summed E-state index contributed by atoms with van der Waals surface area (Å²) in [5, 5.41) is 0. The van der Waals surface area contributed by atoms with Crippen molar-refractivity contribution in [2.24, 2.45) is 0 Å². The molecule has 0 aliphatic rings. The van der Waals surface area contributed by atoms with Crippen LogP contribution in [0.25, 0.3) is 0 Å². The molecule has 94 valence electrons. The summed E-state index contributed by atoms with van der Waals surface area (Å²) < 4.78 is 69.7. The van der Waals surface area contributed by atoms with E-state index in [2.05, 4.69) is 4.74 Å². The van der Waals surface area contributed by atoms with E-state index in [4.69, 9.17) is 0 Å². The fraction of sp³-hybridized carbons (Fsp3) is 1.00. The topological polar surface area (TPSA) is 43.4 Å². The van der Waals surface area contributed by atoms with Gasteiger partial charge in [0.05, 0.1) is 13.3 Å². The van der Waals surface area contributed by atoms with Crippen molar-refractivity contribution in [3.8, 4) is 0 Å². The lowest BCUT2D eigenvalue weighted by Gasteiger charge is -2.08. The van der Waals surface area contributed by atoms with Crippen LogP contribution in [0.3, 0.4) is 0 Å². The zero-order chi connectivity index (χ0) is 12.5. The molecule has 0 saturated carbocycles. The molecule has 0 aliphatic heterocycles. The first-order valence-corrected chi connectivity index (χ1v) is 5.61. The van der Waals surface area contributed by atoms with E-state index in [1.807, 2.05) is 0 Å². The lowest BCUT2D eigenvalue weighted by atomic mass is 10.3. The molecule has 0 N–H and O–H groups in total. The first-order valence-electron chi connectivity index (χ1n) is 4.06. The van der Waals surface area contributed by atoms with E-state index in [0.717, 1.165) is 0 Å². The average molecular weight is 254 g/mol. The predicted octanol–water partition coefficient (Wildman–Crippen LogP) is 2.28. The first-order chi connectivity index (χ1) is 6.62. The van der Waals surface area contributed by atoms with Gasteiger partial charge < -0.3 is 4.74 Å². The third-order valence-electron chi connectivity index (χ3n) is 0.909. The molecule has 3 nitrogen and oxygen atoms in total. The third-order valence-corrected chi connectivity index (χ3v) is 1.36. The van der Waals surface area contributed by atoms with Crippen molar-refractivity contribution < 1.29 is 30.2 Å². The molecular formula is C7H14F4O3S. The summed E-state index contributed by atoms with van der Waals surface area (Å²) in [6, 6.07) is 0. The highest BCUT2D eigenvalue weighted by atomic mass is 32.3. The van der Waals surface area contributed by atoms with Gasteiger partial charge in [-0.05, 0) is 13.8 Å². The van der Waals surface area contributed by atoms with Crippen LogP contribution in [0.5, 0.6) is 0 Å². The molecule has 0 aromatic rings. The van der Waals surface area contributed by atoms with Gasteiger partial charge >= 0.3 is 10.2 Å². The van der Waals surface area contributed by atoms with Gasteiger partial charge in [0.2, 0.25) is 5.92 Å². The number of ether oxygens (including phenoxy) is 1. The highest BCUT2D eigenvalue weighted by Crippen LogP contribution is 2.16. The van der Waals surface area contributed by atoms with E-state index in [9.17, 15) is 25.5 Å². The van der Waals surface area contributed by atoms with Gasteiger partial charge in [0.25, 0.3) is 0 Å². The Hall–Kier alpha value is -0.370. The van der Waals surface area contributed by atoms with Gasteiger partial charge in [-0.2, -0.15) is 8.42 Å². The normalized spacial score (nSPS) is 11.9. The summed E-state index contributed by atoms with van der Waals surface area (Å²) in [6.07, 6.45) is -0.622. The molecule has 0 amide bonds. The molecule has 0 radical (unpaired) electrons. The Balaban J connectivity index is 0. The molecular weight excluding hydrogens is 240 g/mol. The van der Waals surface area contributed by atoms with Crippen LogP contribution in [0.15, 0.2) is 0 Å². The van der Waals surface area contributed by atoms with Crippen LogP contribution in [0.1, 0.15) is 20.3 Å². The summed E-state index contributed by atoms with van der Waals surface area (Å²) >= 11 is 0. The Labute approximate surface area is 86.6 Å². The van der Waals surface area contributed by atoms with E-state index in [0.29, 0.717) is 6.92 Å². The van der Waals surface area contributed by atoms with E-state index in [1.165, 1.54) is 6.92 Å². The fourth-order valence-corrected chi connectivity index (χ4v) is 0.727. The molecule has 0 saturated heterocycles. The van der Waals surface area contributed by atoms with Crippen molar-refractivity contribution in [3.05, 3.63) is 0 Å². The molecule has 0 aliphatic carbocycles. The fourth-order valence-electron chi connectivity index (χ4n) is 0.410. The molecule has 8 heteroatoms. The molecule has 0 fully saturated rings. The van der Waals surface area contributed by atoms with Crippen molar-refractivity contribution in [1.29, 1.82) is 0 Å². The number of hydrogen-bond donors (Lipinski definition) is 0. The maximum absolute atomic E-state index is 12.0. The quantitative estimate of drug-likeness (QED) is 0.429. The Morgan fingerprint density at radius 2 is 1.73 bits per heavy atom. The molecule has 0 unspecified atom stereocenters. The van der Waals surface area contributed by atoms with Gasteiger partial charge in [-0.15, -0.1) is 3.89 Å². The second kappa shape index (κ2) is 7.86. The standard InChI is InChI=1S/C5H9F3O3S.C2H5F/c1-5(6,7)2-3-11-4-12(8,9)10;1-2-3/h2-4H2,1H3;2H2,1H3. The summed E-state index contributed by atoms with van der Waals surface area (Å²) in [5.41, 5.74) is 0. The van der Waals surface area contributed by atoms with Crippen molar-refractivity contribution >= 4 is 10.2 Å². The molecule has 0 aromatic heterocycles. The number of hydrogen-bond acceptors (Lipinski definition) is 3. The van der Waals surface area contributed by atoms with Crippen molar-refractivity contribution in [2.45, 2.75) is 26.2 Å². The molecule has 0 spiro atoms. The number of alkyl halides is 3. The third kappa shape index (κ3) is 24.8. The summed E-state index contributed by atoms with van der Waals surface area (Å²) in [4.78, 5) is 0. The molecule has 0 rings (SSSR count). The van der Waals surface area contributed by atoms with Crippen LogP contribution < -0.4 is 0 Å². The minimum Gasteiger partial charge on any atom is -0.362 e. The zero-order valence-electron chi connectivity index (χ0n) is 8.47. The number of halogens is 4. The van der Waals surface area contributed by atoms with Gasteiger partial charge in [0, 0.05) is 6.42 Å². The van der Waals surface area contributed by atoms with Crippen LogP contribution in [-0.4, -0.2) is 33.6 Å². The Bertz CT molecular complexity index is 235. The van der Waals surface area contributed by atoms with Gasteiger partial charge in [-0.3, -0.25) is 4.39 Å². The van der Waals surface area contributed by atoms with Gasteiger partial charge in [0.1, 0.15) is 0 Å². The predicted molar refractivity (Wildman–Crippen MR) is 47.7 cm³/mol. The largest absolute Gasteiger partial charge is 0.362 e.